The smallest absolute Gasteiger partial charge is 0.243 e. The molecule has 0 bridgehead atoms. The Morgan fingerprint density at radius 2 is 1.80 bits per heavy atom. The van der Waals surface area contributed by atoms with Gasteiger partial charge in [0, 0.05) is 37.1 Å². The molecule has 5 heterocycles. The van der Waals surface area contributed by atoms with Gasteiger partial charge in [-0.1, -0.05) is 18.2 Å². The first-order valence-electron chi connectivity index (χ1n) is 15.5. The summed E-state index contributed by atoms with van der Waals surface area (Å²) >= 11 is 0. The minimum absolute atomic E-state index is 0.0519. The van der Waals surface area contributed by atoms with Crippen LogP contribution in [0.3, 0.4) is 0 Å². The van der Waals surface area contributed by atoms with Crippen LogP contribution in [-0.2, 0) is 21.2 Å². The maximum atomic E-state index is 14.2. The maximum Gasteiger partial charge on any atom is 0.243 e. The summed E-state index contributed by atoms with van der Waals surface area (Å²) in [6, 6.07) is 15.3. The standard InChI is InChI=1S/C33H37N7O5S/c1-21-35-27-9-8-24(44-2)17-29(27)40(21)20-31(41)39-13-12-38(23-10-14-46(42,43)15-11-23)19-30(39)32-34-18-28(36-32)25-16-22-6-4-5-7-26(22)37-33(25)45-3/h4-9,16-18,23,30H,10-15,19-20H2,1-3H3,(H,34,36)/t30-/m0/s1. The molecule has 1 amide bonds. The van der Waals surface area contributed by atoms with Crippen molar-refractivity contribution in [3.63, 3.8) is 0 Å². The number of aryl methyl sites for hydroxylation is 1. The number of carbonyl (C=O) groups is 1. The average Bonchev–Trinajstić information content (AvgIpc) is 3.68. The van der Waals surface area contributed by atoms with Crippen molar-refractivity contribution < 1.29 is 22.7 Å². The van der Waals surface area contributed by atoms with Crippen LogP contribution in [0.15, 0.2) is 54.7 Å². The zero-order valence-corrected chi connectivity index (χ0v) is 27.0. The lowest BCUT2D eigenvalue weighted by atomic mass is 10.0. The monoisotopic (exact) mass is 643 g/mol. The van der Waals surface area contributed by atoms with E-state index in [1.807, 2.05) is 64.9 Å². The third-order valence-electron chi connectivity index (χ3n) is 9.30. The highest BCUT2D eigenvalue weighted by atomic mass is 32.2. The maximum absolute atomic E-state index is 14.2. The molecule has 2 saturated heterocycles. The second-order valence-electron chi connectivity index (χ2n) is 12.0. The Labute approximate surface area is 267 Å². The number of carbonyl (C=O) groups excluding carboxylic acids is 1. The summed E-state index contributed by atoms with van der Waals surface area (Å²) < 4.78 is 37.4. The van der Waals surface area contributed by atoms with Gasteiger partial charge in [-0.3, -0.25) is 9.69 Å². The van der Waals surface area contributed by atoms with Gasteiger partial charge in [0.1, 0.15) is 39.8 Å². The van der Waals surface area contributed by atoms with Gasteiger partial charge in [0.25, 0.3) is 0 Å². The molecule has 3 aromatic heterocycles. The molecule has 2 aromatic carbocycles. The topological polar surface area (TPSA) is 136 Å². The molecule has 7 rings (SSSR count). The molecule has 0 unspecified atom stereocenters. The van der Waals surface area contributed by atoms with Gasteiger partial charge in [0.05, 0.1) is 59.7 Å². The van der Waals surface area contributed by atoms with E-state index in [1.165, 1.54) is 0 Å². The van der Waals surface area contributed by atoms with Crippen molar-refractivity contribution in [1.29, 1.82) is 0 Å². The van der Waals surface area contributed by atoms with E-state index in [2.05, 4.69) is 14.9 Å². The first-order valence-corrected chi connectivity index (χ1v) is 17.3. The molecule has 2 fully saturated rings. The summed E-state index contributed by atoms with van der Waals surface area (Å²) in [5.74, 6) is 2.91. The lowest BCUT2D eigenvalue weighted by molar-refractivity contribution is -0.137. The van der Waals surface area contributed by atoms with Crippen LogP contribution in [0.2, 0.25) is 0 Å². The third-order valence-corrected chi connectivity index (χ3v) is 11.0. The molecule has 1 atom stereocenters. The van der Waals surface area contributed by atoms with E-state index in [0.29, 0.717) is 49.9 Å². The van der Waals surface area contributed by atoms with Crippen LogP contribution >= 0.6 is 0 Å². The van der Waals surface area contributed by atoms with Gasteiger partial charge in [0.2, 0.25) is 11.8 Å². The predicted octanol–water partition coefficient (Wildman–Crippen LogP) is 3.76. The quantitative estimate of drug-likeness (QED) is 0.281. The number of hydrogen-bond donors (Lipinski definition) is 1. The summed E-state index contributed by atoms with van der Waals surface area (Å²) in [5, 5.41) is 0.974. The number of H-pyrrole nitrogens is 1. The Bertz CT molecular complexity index is 2020. The number of methoxy groups -OCH3 is 2. The van der Waals surface area contributed by atoms with Crippen molar-refractivity contribution in [2.45, 2.75) is 38.4 Å². The molecule has 46 heavy (non-hydrogen) atoms. The number of nitrogens with zero attached hydrogens (tertiary/aromatic N) is 6. The number of imidazole rings is 2. The lowest BCUT2D eigenvalue weighted by Crippen LogP contribution is -2.55. The van der Waals surface area contributed by atoms with Gasteiger partial charge in [-0.15, -0.1) is 0 Å². The Morgan fingerprint density at radius 3 is 2.59 bits per heavy atom. The molecular formula is C33H37N7O5S. The van der Waals surface area contributed by atoms with E-state index < -0.39 is 9.84 Å². The van der Waals surface area contributed by atoms with Gasteiger partial charge >= 0.3 is 0 Å². The number of sulfone groups is 1. The molecular weight excluding hydrogens is 606 g/mol. The number of fused-ring (bicyclic) bond motifs is 2. The molecule has 240 valence electrons. The van der Waals surface area contributed by atoms with Gasteiger partial charge in [-0.05, 0) is 44.0 Å². The fourth-order valence-electron chi connectivity index (χ4n) is 6.78. The first kappa shape index (κ1) is 30.2. The second-order valence-corrected chi connectivity index (χ2v) is 14.3. The highest BCUT2D eigenvalue weighted by molar-refractivity contribution is 7.91. The summed E-state index contributed by atoms with van der Waals surface area (Å²) in [6.45, 7) is 3.69. The molecule has 2 aliphatic heterocycles. The molecule has 0 saturated carbocycles. The molecule has 12 nitrogen and oxygen atoms in total. The van der Waals surface area contributed by atoms with Crippen LogP contribution in [0, 0.1) is 6.92 Å². The van der Waals surface area contributed by atoms with E-state index in [0.717, 1.165) is 39.0 Å². The number of benzene rings is 2. The van der Waals surface area contributed by atoms with E-state index in [-0.39, 0.29) is 36.0 Å². The fourth-order valence-corrected chi connectivity index (χ4v) is 8.24. The Balaban J connectivity index is 1.22. The predicted molar refractivity (Wildman–Crippen MR) is 175 cm³/mol. The molecule has 2 aliphatic rings. The van der Waals surface area contributed by atoms with Crippen LogP contribution in [-0.4, -0.2) is 100 Å². The molecule has 13 heteroatoms. The van der Waals surface area contributed by atoms with Crippen molar-refractivity contribution in [3.8, 4) is 22.9 Å². The summed E-state index contributed by atoms with van der Waals surface area (Å²) in [6.07, 6.45) is 2.95. The lowest BCUT2D eigenvalue weighted by Gasteiger charge is -2.44. The van der Waals surface area contributed by atoms with Gasteiger partial charge in [-0.25, -0.2) is 23.4 Å². The van der Waals surface area contributed by atoms with E-state index in [4.69, 9.17) is 19.4 Å². The highest BCUT2D eigenvalue weighted by Crippen LogP contribution is 2.34. The summed E-state index contributed by atoms with van der Waals surface area (Å²) in [4.78, 5) is 36.0. The fraction of sp³-hybridized carbons (Fsp3) is 0.394. The van der Waals surface area contributed by atoms with Crippen molar-refractivity contribution >= 4 is 37.7 Å². The number of rotatable bonds is 7. The zero-order chi connectivity index (χ0) is 32.0. The van der Waals surface area contributed by atoms with E-state index in [1.54, 1.807) is 20.4 Å². The number of aromatic nitrogens is 5. The summed E-state index contributed by atoms with van der Waals surface area (Å²) in [5.41, 5.74) is 3.98. The van der Waals surface area contributed by atoms with Crippen molar-refractivity contribution in [2.24, 2.45) is 0 Å². The average molecular weight is 644 g/mol. The number of hydrogen-bond acceptors (Lipinski definition) is 9. The number of aromatic amines is 1. The molecule has 0 radical (unpaired) electrons. The van der Waals surface area contributed by atoms with Crippen molar-refractivity contribution in [3.05, 3.63) is 66.4 Å². The number of para-hydroxylation sites is 1. The molecule has 5 aromatic rings. The number of ether oxygens (including phenoxy) is 2. The number of amides is 1. The Hall–Kier alpha value is -4.49. The van der Waals surface area contributed by atoms with Crippen LogP contribution in [0.5, 0.6) is 11.6 Å². The molecule has 0 aliphatic carbocycles. The largest absolute Gasteiger partial charge is 0.497 e. The number of pyridine rings is 1. The first-order chi connectivity index (χ1) is 22.2. The van der Waals surface area contributed by atoms with Gasteiger partial charge < -0.3 is 23.9 Å². The summed E-state index contributed by atoms with van der Waals surface area (Å²) in [7, 11) is 0.219. The van der Waals surface area contributed by atoms with Crippen molar-refractivity contribution in [2.75, 3.05) is 45.4 Å². The Kier molecular flexibility index (Phi) is 7.89. The molecule has 1 N–H and O–H groups in total. The van der Waals surface area contributed by atoms with Gasteiger partial charge in [0.15, 0.2) is 0 Å². The second kappa shape index (κ2) is 12.0. The van der Waals surface area contributed by atoms with Crippen LogP contribution in [0.4, 0.5) is 0 Å². The minimum Gasteiger partial charge on any atom is -0.497 e. The minimum atomic E-state index is -3.00. The van der Waals surface area contributed by atoms with Gasteiger partial charge in [-0.2, -0.15) is 0 Å². The van der Waals surface area contributed by atoms with Crippen LogP contribution in [0.25, 0.3) is 33.2 Å². The van der Waals surface area contributed by atoms with Crippen molar-refractivity contribution in [1.82, 2.24) is 34.3 Å². The number of nitrogens with one attached hydrogen (secondary N) is 1. The van der Waals surface area contributed by atoms with Crippen LogP contribution in [0.1, 0.15) is 30.5 Å². The third kappa shape index (κ3) is 5.69. The van der Waals surface area contributed by atoms with E-state index in [9.17, 15) is 13.2 Å². The zero-order valence-electron chi connectivity index (χ0n) is 26.1. The molecule has 0 spiro atoms. The van der Waals surface area contributed by atoms with Crippen LogP contribution < -0.4 is 9.47 Å². The van der Waals surface area contributed by atoms with E-state index >= 15 is 0 Å². The normalized spacial score (nSPS) is 19.1. The number of piperazine rings is 1. The highest BCUT2D eigenvalue weighted by Gasteiger charge is 2.38. The Morgan fingerprint density at radius 1 is 1.00 bits per heavy atom. The SMILES string of the molecule is COc1ccc2nc(C)n(CC(=O)N3CCN(C4CCS(=O)(=O)CC4)C[C@H]3c3ncc(-c4cc5ccccc5nc4OC)[nH]3)c2c1.